The molecule has 0 spiro atoms. The van der Waals surface area contributed by atoms with E-state index >= 15 is 0 Å². The Morgan fingerprint density at radius 3 is 2.56 bits per heavy atom. The van der Waals surface area contributed by atoms with E-state index < -0.39 is 0 Å². The molecule has 0 bridgehead atoms. The van der Waals surface area contributed by atoms with Crippen LogP contribution >= 0.6 is 11.6 Å². The van der Waals surface area contributed by atoms with Gasteiger partial charge in [0.1, 0.15) is 0 Å². The molecule has 2 rings (SSSR count). The van der Waals surface area contributed by atoms with Gasteiger partial charge in [0.25, 0.3) is 0 Å². The standard InChI is InChI=1S/C14H12ClN/c1-11-7-8-14(15)12(9-11)10-16-13-5-3-2-4-6-13/h2-10H,1H3/b16-10+. The number of rotatable bonds is 2. The molecule has 0 atom stereocenters. The average Bonchev–Trinajstić information content (AvgIpc) is 2.32. The van der Waals surface area contributed by atoms with Crippen molar-refractivity contribution in [3.63, 3.8) is 0 Å². The summed E-state index contributed by atoms with van der Waals surface area (Å²) in [5.74, 6) is 0. The van der Waals surface area contributed by atoms with Crippen molar-refractivity contribution >= 4 is 23.5 Å². The third kappa shape index (κ3) is 2.71. The van der Waals surface area contributed by atoms with Gasteiger partial charge in [-0.15, -0.1) is 0 Å². The molecular formula is C14H12ClN. The molecule has 0 saturated carbocycles. The van der Waals surface area contributed by atoms with Crippen LogP contribution in [0.25, 0.3) is 0 Å². The molecule has 2 aromatic rings. The summed E-state index contributed by atoms with van der Waals surface area (Å²) in [5.41, 5.74) is 3.06. The molecule has 0 saturated heterocycles. The number of para-hydroxylation sites is 1. The lowest BCUT2D eigenvalue weighted by Gasteiger charge is -1.99. The van der Waals surface area contributed by atoms with Crippen molar-refractivity contribution in [3.05, 3.63) is 64.7 Å². The van der Waals surface area contributed by atoms with Crippen LogP contribution in [-0.4, -0.2) is 6.21 Å². The topological polar surface area (TPSA) is 12.4 Å². The van der Waals surface area contributed by atoms with Crippen molar-refractivity contribution in [1.29, 1.82) is 0 Å². The smallest absolute Gasteiger partial charge is 0.0629 e. The lowest BCUT2D eigenvalue weighted by molar-refractivity contribution is 1.45. The summed E-state index contributed by atoms with van der Waals surface area (Å²) in [6, 6.07) is 15.7. The summed E-state index contributed by atoms with van der Waals surface area (Å²) in [6.07, 6.45) is 1.80. The van der Waals surface area contributed by atoms with Crippen LogP contribution in [0.15, 0.2) is 53.5 Å². The Morgan fingerprint density at radius 2 is 1.81 bits per heavy atom. The van der Waals surface area contributed by atoms with Crippen LogP contribution in [0.5, 0.6) is 0 Å². The van der Waals surface area contributed by atoms with Gasteiger partial charge in [-0.2, -0.15) is 0 Å². The van der Waals surface area contributed by atoms with E-state index in [-0.39, 0.29) is 0 Å². The summed E-state index contributed by atoms with van der Waals surface area (Å²) in [5, 5.41) is 0.727. The summed E-state index contributed by atoms with van der Waals surface area (Å²) < 4.78 is 0. The number of aryl methyl sites for hydroxylation is 1. The van der Waals surface area contributed by atoms with Crippen LogP contribution in [0.4, 0.5) is 5.69 Å². The third-order valence-corrected chi connectivity index (χ3v) is 2.60. The molecule has 0 fully saturated rings. The van der Waals surface area contributed by atoms with Crippen molar-refractivity contribution < 1.29 is 0 Å². The maximum Gasteiger partial charge on any atom is 0.0629 e. The van der Waals surface area contributed by atoms with E-state index in [2.05, 4.69) is 4.99 Å². The zero-order valence-electron chi connectivity index (χ0n) is 9.02. The molecule has 0 heterocycles. The third-order valence-electron chi connectivity index (χ3n) is 2.26. The summed E-state index contributed by atoms with van der Waals surface area (Å²) in [7, 11) is 0. The van der Waals surface area contributed by atoms with E-state index in [0.717, 1.165) is 16.3 Å². The first-order valence-corrected chi connectivity index (χ1v) is 5.49. The van der Waals surface area contributed by atoms with Gasteiger partial charge in [0.15, 0.2) is 0 Å². The van der Waals surface area contributed by atoms with Gasteiger partial charge in [-0.3, -0.25) is 4.99 Å². The summed E-state index contributed by atoms with van der Waals surface area (Å²) >= 11 is 6.07. The lowest BCUT2D eigenvalue weighted by atomic mass is 10.1. The molecule has 0 aromatic heterocycles. The van der Waals surface area contributed by atoms with Gasteiger partial charge in [-0.05, 0) is 31.2 Å². The number of benzene rings is 2. The van der Waals surface area contributed by atoms with Crippen molar-refractivity contribution in [1.82, 2.24) is 0 Å². The van der Waals surface area contributed by atoms with Gasteiger partial charge < -0.3 is 0 Å². The molecule has 0 aliphatic carbocycles. The molecule has 0 N–H and O–H groups in total. The molecule has 16 heavy (non-hydrogen) atoms. The van der Waals surface area contributed by atoms with Crippen LogP contribution in [0.1, 0.15) is 11.1 Å². The highest BCUT2D eigenvalue weighted by Gasteiger charge is 1.96. The Labute approximate surface area is 100 Å². The van der Waals surface area contributed by atoms with E-state index in [4.69, 9.17) is 11.6 Å². The first kappa shape index (κ1) is 10.9. The largest absolute Gasteiger partial charge is 0.256 e. The Bertz CT molecular complexity index is 503. The number of hydrogen-bond acceptors (Lipinski definition) is 1. The number of hydrogen-bond donors (Lipinski definition) is 0. The van der Waals surface area contributed by atoms with Gasteiger partial charge >= 0.3 is 0 Å². The minimum absolute atomic E-state index is 0.727. The molecule has 0 aliphatic heterocycles. The van der Waals surface area contributed by atoms with Gasteiger partial charge in [-0.1, -0.05) is 41.4 Å². The first-order valence-electron chi connectivity index (χ1n) is 5.11. The lowest BCUT2D eigenvalue weighted by Crippen LogP contribution is -1.84. The molecular weight excluding hydrogens is 218 g/mol. The molecule has 0 unspecified atom stereocenters. The van der Waals surface area contributed by atoms with Crippen molar-refractivity contribution in [2.75, 3.05) is 0 Å². The van der Waals surface area contributed by atoms with Crippen molar-refractivity contribution in [3.8, 4) is 0 Å². The van der Waals surface area contributed by atoms with Crippen LogP contribution in [0.2, 0.25) is 5.02 Å². The molecule has 0 amide bonds. The normalized spacial score (nSPS) is 10.9. The predicted octanol–water partition coefficient (Wildman–Crippen LogP) is 4.40. The SMILES string of the molecule is Cc1ccc(Cl)c(/C=N/c2ccccc2)c1. The van der Waals surface area contributed by atoms with E-state index in [0.29, 0.717) is 0 Å². The van der Waals surface area contributed by atoms with Crippen LogP contribution in [0, 0.1) is 6.92 Å². The number of halogens is 1. The zero-order chi connectivity index (χ0) is 11.4. The quantitative estimate of drug-likeness (QED) is 0.677. The Morgan fingerprint density at radius 1 is 1.06 bits per heavy atom. The fraction of sp³-hybridized carbons (Fsp3) is 0.0714. The Hall–Kier alpha value is -1.60. The first-order chi connectivity index (χ1) is 7.75. The minimum Gasteiger partial charge on any atom is -0.256 e. The van der Waals surface area contributed by atoms with Gasteiger partial charge in [0.05, 0.1) is 5.69 Å². The highest BCUT2D eigenvalue weighted by atomic mass is 35.5. The molecule has 2 heteroatoms. The minimum atomic E-state index is 0.727. The second kappa shape index (κ2) is 4.95. The highest BCUT2D eigenvalue weighted by Crippen LogP contribution is 2.17. The zero-order valence-corrected chi connectivity index (χ0v) is 9.78. The monoisotopic (exact) mass is 229 g/mol. The molecule has 1 nitrogen and oxygen atoms in total. The van der Waals surface area contributed by atoms with E-state index in [1.165, 1.54) is 5.56 Å². The average molecular weight is 230 g/mol. The molecule has 0 radical (unpaired) electrons. The van der Waals surface area contributed by atoms with E-state index in [1.807, 2.05) is 55.5 Å². The fourth-order valence-electron chi connectivity index (χ4n) is 1.42. The molecule has 80 valence electrons. The van der Waals surface area contributed by atoms with Crippen molar-refractivity contribution in [2.24, 2.45) is 4.99 Å². The van der Waals surface area contributed by atoms with Gasteiger partial charge in [0.2, 0.25) is 0 Å². The Balaban J connectivity index is 2.27. The van der Waals surface area contributed by atoms with Crippen LogP contribution in [0.3, 0.4) is 0 Å². The van der Waals surface area contributed by atoms with E-state index in [1.54, 1.807) is 6.21 Å². The summed E-state index contributed by atoms with van der Waals surface area (Å²) in [6.45, 7) is 2.04. The number of nitrogens with zero attached hydrogens (tertiary/aromatic N) is 1. The van der Waals surface area contributed by atoms with Crippen molar-refractivity contribution in [2.45, 2.75) is 6.92 Å². The van der Waals surface area contributed by atoms with Crippen LogP contribution in [-0.2, 0) is 0 Å². The maximum atomic E-state index is 6.07. The van der Waals surface area contributed by atoms with Crippen LogP contribution < -0.4 is 0 Å². The summed E-state index contributed by atoms with van der Waals surface area (Å²) in [4.78, 5) is 4.37. The van der Waals surface area contributed by atoms with E-state index in [9.17, 15) is 0 Å². The molecule has 2 aromatic carbocycles. The van der Waals surface area contributed by atoms with Gasteiger partial charge in [0, 0.05) is 16.8 Å². The predicted molar refractivity (Wildman–Crippen MR) is 69.9 cm³/mol. The second-order valence-corrected chi connectivity index (χ2v) is 4.03. The Kier molecular flexibility index (Phi) is 3.37. The van der Waals surface area contributed by atoms with Gasteiger partial charge in [-0.25, -0.2) is 0 Å². The fourth-order valence-corrected chi connectivity index (χ4v) is 1.59. The second-order valence-electron chi connectivity index (χ2n) is 3.62. The maximum absolute atomic E-state index is 6.07. The highest BCUT2D eigenvalue weighted by molar-refractivity contribution is 6.33. The number of aliphatic imine (C=N–C) groups is 1. The molecule has 0 aliphatic rings.